The molecule has 0 aliphatic rings. The van der Waals surface area contributed by atoms with Gasteiger partial charge in [0.25, 0.3) is 0 Å². The normalized spacial score (nSPS) is 11.0. The minimum absolute atomic E-state index is 0.0707. The van der Waals surface area contributed by atoms with Crippen LogP contribution in [0.4, 0.5) is 0 Å². The average molecular weight is 485 g/mol. The van der Waals surface area contributed by atoms with E-state index in [2.05, 4.69) is 0 Å². The predicted molar refractivity (Wildman–Crippen MR) is 120 cm³/mol. The number of ether oxygens (including phenoxy) is 6. The van der Waals surface area contributed by atoms with E-state index in [0.717, 1.165) is 38.2 Å². The maximum absolute atomic E-state index is 11.4. The van der Waals surface area contributed by atoms with E-state index in [1.165, 1.54) is 0 Å². The van der Waals surface area contributed by atoms with E-state index in [0.29, 0.717) is 72.3 Å². The molecule has 0 aliphatic carbocycles. The molecule has 9 nitrogen and oxygen atoms in total. The Kier molecular flexibility index (Phi) is 25.5. The molecule has 0 unspecified atom stereocenters. The molecule has 190 valence electrons. The molecule has 0 saturated heterocycles. The van der Waals surface area contributed by atoms with Crippen molar-refractivity contribution in [1.82, 2.24) is 0 Å². The van der Waals surface area contributed by atoms with Gasteiger partial charge < -0.3 is 33.5 Å². The van der Waals surface area contributed by atoms with Gasteiger partial charge in [0.15, 0.2) is 0 Å². The Hall–Kier alpha value is -0.970. The predicted octanol–water partition coefficient (Wildman–Crippen LogP) is 3.06. The van der Waals surface area contributed by atoms with E-state index in [9.17, 15) is 9.59 Å². The molecule has 1 N–H and O–H groups in total. The molecule has 0 bridgehead atoms. The van der Waals surface area contributed by atoms with Crippen LogP contribution in [0.2, 0.25) is 0 Å². The third-order valence-electron chi connectivity index (χ3n) is 4.17. The van der Waals surface area contributed by atoms with Gasteiger partial charge in [0.1, 0.15) is 6.61 Å². The lowest BCUT2D eigenvalue weighted by atomic mass is 10.2. The summed E-state index contributed by atoms with van der Waals surface area (Å²) in [5, 5.41) is 8.51. The monoisotopic (exact) mass is 484 g/mol. The van der Waals surface area contributed by atoms with Crippen molar-refractivity contribution < 1.29 is 43.1 Å². The topological polar surface area (TPSA) is 110 Å². The first-order chi connectivity index (χ1) is 15.7. The Morgan fingerprint density at radius 1 is 0.531 bits per heavy atom. The summed E-state index contributed by atoms with van der Waals surface area (Å²) in [7, 11) is 0. The zero-order valence-corrected chi connectivity index (χ0v) is 20.0. The second-order valence-corrected chi connectivity index (χ2v) is 7.36. The number of alkyl halides is 1. The zero-order chi connectivity index (χ0) is 23.5. The Bertz CT molecular complexity index is 424. The number of carboxylic acid groups (broad SMARTS) is 1. The Balaban J connectivity index is 3.10. The third kappa shape index (κ3) is 27.1. The van der Waals surface area contributed by atoms with Crippen LogP contribution in [0.25, 0.3) is 0 Å². The summed E-state index contributed by atoms with van der Waals surface area (Å²) >= 11 is 5.62. The summed E-state index contributed by atoms with van der Waals surface area (Å²) < 4.78 is 32.0. The van der Waals surface area contributed by atoms with Gasteiger partial charge in [-0.2, -0.15) is 0 Å². The van der Waals surface area contributed by atoms with Gasteiger partial charge in [-0.15, -0.1) is 11.6 Å². The molecule has 0 saturated carbocycles. The van der Waals surface area contributed by atoms with Crippen LogP contribution in [-0.4, -0.2) is 95.6 Å². The SMILES string of the molecule is O=C(O)CCCCC(=O)OCCOCCOCCOCCOCCOCCCCCCCl. The van der Waals surface area contributed by atoms with Crippen LogP contribution in [0.1, 0.15) is 51.4 Å². The van der Waals surface area contributed by atoms with Gasteiger partial charge in [-0.25, -0.2) is 0 Å². The highest BCUT2D eigenvalue weighted by atomic mass is 35.5. The maximum atomic E-state index is 11.4. The molecule has 0 amide bonds. The van der Waals surface area contributed by atoms with Crippen LogP contribution in [0.5, 0.6) is 0 Å². The van der Waals surface area contributed by atoms with Crippen LogP contribution >= 0.6 is 11.6 Å². The van der Waals surface area contributed by atoms with Crippen molar-refractivity contribution in [3.63, 3.8) is 0 Å². The van der Waals surface area contributed by atoms with Crippen molar-refractivity contribution in [3.05, 3.63) is 0 Å². The first kappa shape index (κ1) is 31.0. The number of aliphatic carboxylic acids is 1. The highest BCUT2D eigenvalue weighted by Gasteiger charge is 2.04. The lowest BCUT2D eigenvalue weighted by molar-refractivity contribution is -0.146. The second-order valence-electron chi connectivity index (χ2n) is 6.99. The Morgan fingerprint density at radius 3 is 1.47 bits per heavy atom. The maximum Gasteiger partial charge on any atom is 0.305 e. The summed E-state index contributed by atoms with van der Waals surface area (Å²) in [5.41, 5.74) is 0. The summed E-state index contributed by atoms with van der Waals surface area (Å²) in [4.78, 5) is 21.8. The molecule has 0 aromatic carbocycles. The van der Waals surface area contributed by atoms with Crippen molar-refractivity contribution in [2.75, 3.05) is 78.6 Å². The van der Waals surface area contributed by atoms with Gasteiger partial charge in [-0.1, -0.05) is 12.8 Å². The highest BCUT2D eigenvalue weighted by Crippen LogP contribution is 2.02. The van der Waals surface area contributed by atoms with Crippen LogP contribution in [0.3, 0.4) is 0 Å². The van der Waals surface area contributed by atoms with E-state index >= 15 is 0 Å². The zero-order valence-electron chi connectivity index (χ0n) is 19.2. The molecule has 10 heteroatoms. The highest BCUT2D eigenvalue weighted by molar-refractivity contribution is 6.17. The Labute approximate surface area is 197 Å². The second kappa shape index (κ2) is 26.3. The van der Waals surface area contributed by atoms with Gasteiger partial charge in [0.2, 0.25) is 0 Å². The number of carboxylic acids is 1. The van der Waals surface area contributed by atoms with Crippen molar-refractivity contribution in [2.45, 2.75) is 51.4 Å². The minimum Gasteiger partial charge on any atom is -0.481 e. The largest absolute Gasteiger partial charge is 0.481 e. The smallest absolute Gasteiger partial charge is 0.305 e. The van der Waals surface area contributed by atoms with Crippen LogP contribution < -0.4 is 0 Å². The van der Waals surface area contributed by atoms with Gasteiger partial charge in [0.05, 0.1) is 59.5 Å². The van der Waals surface area contributed by atoms with Crippen LogP contribution in [0, 0.1) is 0 Å². The third-order valence-corrected chi connectivity index (χ3v) is 4.44. The standard InChI is InChI=1S/C22H41ClO9/c23-9-5-1-2-6-10-27-11-12-28-13-14-29-15-16-30-17-18-31-19-20-32-22(26)8-4-3-7-21(24)25/h1-20H2,(H,24,25). The molecule has 0 fully saturated rings. The number of unbranched alkanes of at least 4 members (excludes halogenated alkanes) is 4. The number of carbonyl (C=O) groups excluding carboxylic acids is 1. The van der Waals surface area contributed by atoms with Gasteiger partial charge >= 0.3 is 11.9 Å². The lowest BCUT2D eigenvalue weighted by Crippen LogP contribution is -2.15. The molecule has 0 rings (SSSR count). The fraction of sp³-hybridized carbons (Fsp3) is 0.909. The van der Waals surface area contributed by atoms with E-state index in [1.54, 1.807) is 0 Å². The van der Waals surface area contributed by atoms with E-state index in [1.807, 2.05) is 0 Å². The molecular weight excluding hydrogens is 444 g/mol. The molecule has 0 spiro atoms. The summed E-state index contributed by atoms with van der Waals surface area (Å²) in [6, 6.07) is 0. The molecule has 0 aliphatic heterocycles. The van der Waals surface area contributed by atoms with Crippen molar-refractivity contribution in [3.8, 4) is 0 Å². The van der Waals surface area contributed by atoms with E-state index in [-0.39, 0.29) is 25.4 Å². The van der Waals surface area contributed by atoms with Crippen LogP contribution in [-0.2, 0) is 38.0 Å². The summed E-state index contributed by atoms with van der Waals surface area (Å²) in [6.07, 6.45) is 5.74. The first-order valence-corrected chi connectivity index (χ1v) is 12.0. The number of hydrogen-bond acceptors (Lipinski definition) is 8. The molecule has 32 heavy (non-hydrogen) atoms. The molecule has 0 atom stereocenters. The molecule has 0 aromatic rings. The lowest BCUT2D eigenvalue weighted by Gasteiger charge is -2.08. The number of halogens is 1. The summed E-state index contributed by atoms with van der Waals surface area (Å²) in [6.45, 7) is 5.27. The fourth-order valence-corrected chi connectivity index (χ4v) is 2.66. The molecule has 0 radical (unpaired) electrons. The average Bonchev–Trinajstić information content (AvgIpc) is 2.77. The van der Waals surface area contributed by atoms with E-state index < -0.39 is 5.97 Å². The number of hydrogen-bond donors (Lipinski definition) is 1. The number of carbonyl (C=O) groups is 2. The fourth-order valence-electron chi connectivity index (χ4n) is 2.47. The van der Waals surface area contributed by atoms with Gasteiger partial charge in [0, 0.05) is 25.3 Å². The van der Waals surface area contributed by atoms with Crippen molar-refractivity contribution in [1.29, 1.82) is 0 Å². The Morgan fingerprint density at radius 2 is 0.969 bits per heavy atom. The van der Waals surface area contributed by atoms with Crippen molar-refractivity contribution in [2.24, 2.45) is 0 Å². The van der Waals surface area contributed by atoms with Crippen LogP contribution in [0.15, 0.2) is 0 Å². The number of esters is 1. The first-order valence-electron chi connectivity index (χ1n) is 11.5. The molecule has 0 aromatic heterocycles. The molecule has 0 heterocycles. The van der Waals surface area contributed by atoms with E-state index in [4.69, 9.17) is 45.1 Å². The van der Waals surface area contributed by atoms with Gasteiger partial charge in [-0.3, -0.25) is 9.59 Å². The molecular formula is C22H41ClO9. The minimum atomic E-state index is -0.855. The quantitative estimate of drug-likeness (QED) is 0.112. The summed E-state index contributed by atoms with van der Waals surface area (Å²) in [5.74, 6) is -0.455. The number of rotatable bonds is 26. The van der Waals surface area contributed by atoms with Gasteiger partial charge in [-0.05, 0) is 25.7 Å². The van der Waals surface area contributed by atoms with Crippen molar-refractivity contribution >= 4 is 23.5 Å².